The number of para-hydroxylation sites is 1. The number of piperazine rings is 1. The number of hydrogen-bond acceptors (Lipinski definition) is 5. The fourth-order valence-electron chi connectivity index (χ4n) is 3.66. The molecule has 1 aliphatic rings. The molecule has 0 saturated carbocycles. The first-order valence-electron chi connectivity index (χ1n) is 10.0. The fourth-order valence-corrected chi connectivity index (χ4v) is 4.63. The molecule has 0 bridgehead atoms. The van der Waals surface area contributed by atoms with Gasteiger partial charge in [0.05, 0.1) is 11.4 Å². The molecule has 2 aromatic carbocycles. The molecule has 2 heterocycles. The van der Waals surface area contributed by atoms with E-state index < -0.39 is 16.1 Å². The lowest BCUT2D eigenvalue weighted by Crippen LogP contribution is -2.53. The van der Waals surface area contributed by atoms with Crippen LogP contribution in [0.3, 0.4) is 0 Å². The van der Waals surface area contributed by atoms with Crippen LogP contribution in [0, 0.1) is 6.92 Å². The van der Waals surface area contributed by atoms with E-state index in [0.717, 1.165) is 16.5 Å². The van der Waals surface area contributed by atoms with Crippen LogP contribution in [0.4, 0.5) is 4.79 Å². The highest BCUT2D eigenvalue weighted by Crippen LogP contribution is 2.19. The van der Waals surface area contributed by atoms with Gasteiger partial charge in [0.2, 0.25) is 0 Å². The molecule has 0 aliphatic carbocycles. The number of urea groups is 1. The Kier molecular flexibility index (Phi) is 5.79. The lowest BCUT2D eigenvalue weighted by atomic mass is 10.1. The van der Waals surface area contributed by atoms with Gasteiger partial charge in [-0.25, -0.2) is 17.9 Å². The van der Waals surface area contributed by atoms with E-state index in [1.165, 1.54) is 17.0 Å². The van der Waals surface area contributed by atoms with Gasteiger partial charge in [-0.15, -0.1) is 0 Å². The Hall–Kier alpha value is -3.17. The Bertz CT molecular complexity index is 1210. The number of fused-ring (bicyclic) bond motifs is 1. The Labute approximate surface area is 180 Å². The Morgan fingerprint density at radius 1 is 1.00 bits per heavy atom. The molecule has 4 rings (SSSR count). The van der Waals surface area contributed by atoms with Crippen molar-refractivity contribution in [1.82, 2.24) is 19.5 Å². The number of H-pyrrole nitrogens is 1. The third-order valence-electron chi connectivity index (χ3n) is 5.47. The van der Waals surface area contributed by atoms with E-state index in [0.29, 0.717) is 31.7 Å². The van der Waals surface area contributed by atoms with E-state index in [1.807, 2.05) is 36.1 Å². The summed E-state index contributed by atoms with van der Waals surface area (Å²) in [4.78, 5) is 31.8. The number of hydrogen-bond donors (Lipinski definition) is 2. The van der Waals surface area contributed by atoms with Crippen molar-refractivity contribution in [3.63, 3.8) is 0 Å². The molecule has 1 aromatic heterocycles. The fraction of sp³-hybridized carbons (Fsp3) is 0.273. The molecule has 162 valence electrons. The highest BCUT2D eigenvalue weighted by Gasteiger charge is 2.26. The van der Waals surface area contributed by atoms with Crippen LogP contribution < -0.4 is 4.72 Å². The second-order valence-electron chi connectivity index (χ2n) is 7.66. The summed E-state index contributed by atoms with van der Waals surface area (Å²) >= 11 is 0. The quantitative estimate of drug-likeness (QED) is 0.593. The first-order valence-corrected chi connectivity index (χ1v) is 11.5. The number of ketones is 1. The molecule has 2 N–H and O–H groups in total. The van der Waals surface area contributed by atoms with Gasteiger partial charge < -0.3 is 9.88 Å². The van der Waals surface area contributed by atoms with E-state index >= 15 is 0 Å². The smallest absolute Gasteiger partial charge is 0.331 e. The van der Waals surface area contributed by atoms with Gasteiger partial charge >= 0.3 is 6.03 Å². The average molecular weight is 441 g/mol. The standard InChI is InChI=1S/C22H24N4O4S/c1-16-6-8-17(9-7-16)31(29,30)24-22(28)26-12-10-25(11-13-26)15-21(27)19-14-23-20-5-3-2-4-18(19)20/h2-9,14,23H,10-13,15H2,1H3,(H,24,28). The van der Waals surface area contributed by atoms with Gasteiger partial charge in [0.15, 0.2) is 5.78 Å². The lowest BCUT2D eigenvalue weighted by Gasteiger charge is -2.34. The number of carbonyl (C=O) groups is 2. The van der Waals surface area contributed by atoms with Crippen molar-refractivity contribution in [1.29, 1.82) is 0 Å². The van der Waals surface area contributed by atoms with Crippen molar-refractivity contribution in [2.45, 2.75) is 11.8 Å². The first-order chi connectivity index (χ1) is 14.8. The zero-order valence-electron chi connectivity index (χ0n) is 17.2. The van der Waals surface area contributed by atoms with Crippen LogP contribution in [0.2, 0.25) is 0 Å². The number of nitrogens with zero attached hydrogens (tertiary/aromatic N) is 2. The second-order valence-corrected chi connectivity index (χ2v) is 9.34. The molecule has 9 heteroatoms. The van der Waals surface area contributed by atoms with Gasteiger partial charge in [0, 0.05) is 48.8 Å². The molecular weight excluding hydrogens is 416 g/mol. The molecule has 0 radical (unpaired) electrons. The Morgan fingerprint density at radius 2 is 1.68 bits per heavy atom. The number of amides is 2. The van der Waals surface area contributed by atoms with Crippen molar-refractivity contribution in [3.8, 4) is 0 Å². The number of benzene rings is 2. The van der Waals surface area contributed by atoms with Gasteiger partial charge in [-0.1, -0.05) is 35.9 Å². The molecule has 1 fully saturated rings. The monoisotopic (exact) mass is 440 g/mol. The largest absolute Gasteiger partial charge is 0.360 e. The molecule has 8 nitrogen and oxygen atoms in total. The third-order valence-corrected chi connectivity index (χ3v) is 6.81. The molecule has 0 spiro atoms. The molecular formula is C22H24N4O4S. The SMILES string of the molecule is Cc1ccc(S(=O)(=O)NC(=O)N2CCN(CC(=O)c3c[nH]c4ccccc34)CC2)cc1. The van der Waals surface area contributed by atoms with E-state index in [9.17, 15) is 18.0 Å². The summed E-state index contributed by atoms with van der Waals surface area (Å²) < 4.78 is 27.0. The van der Waals surface area contributed by atoms with Crippen LogP contribution in [-0.2, 0) is 10.0 Å². The summed E-state index contributed by atoms with van der Waals surface area (Å²) in [6.07, 6.45) is 1.73. The average Bonchev–Trinajstić information content (AvgIpc) is 3.18. The molecule has 2 amide bonds. The zero-order chi connectivity index (χ0) is 22.0. The summed E-state index contributed by atoms with van der Waals surface area (Å²) in [5.74, 6) is 0.0114. The van der Waals surface area contributed by atoms with Crippen molar-refractivity contribution in [3.05, 3.63) is 65.9 Å². The van der Waals surface area contributed by atoms with Crippen molar-refractivity contribution < 1.29 is 18.0 Å². The second kappa shape index (κ2) is 8.52. The van der Waals surface area contributed by atoms with Gasteiger partial charge in [0.25, 0.3) is 10.0 Å². The third kappa shape index (κ3) is 4.62. The van der Waals surface area contributed by atoms with Crippen LogP contribution in [0.25, 0.3) is 10.9 Å². The molecule has 31 heavy (non-hydrogen) atoms. The van der Waals surface area contributed by atoms with Gasteiger partial charge in [0.1, 0.15) is 0 Å². The number of nitrogens with one attached hydrogen (secondary N) is 2. The maximum Gasteiger partial charge on any atom is 0.331 e. The molecule has 0 unspecified atom stereocenters. The predicted octanol–water partition coefficient (Wildman–Crippen LogP) is 2.38. The van der Waals surface area contributed by atoms with Crippen LogP contribution >= 0.6 is 0 Å². The van der Waals surface area contributed by atoms with Crippen molar-refractivity contribution in [2.24, 2.45) is 0 Å². The summed E-state index contributed by atoms with van der Waals surface area (Å²) in [6, 6.07) is 13.3. The number of Topliss-reactive ketones (excluding diaryl/α,β-unsaturated/α-hetero) is 1. The van der Waals surface area contributed by atoms with Gasteiger partial charge in [-0.2, -0.15) is 0 Å². The molecule has 3 aromatic rings. The van der Waals surface area contributed by atoms with Crippen molar-refractivity contribution in [2.75, 3.05) is 32.7 Å². The number of aromatic nitrogens is 1. The molecule has 1 saturated heterocycles. The van der Waals surface area contributed by atoms with Gasteiger partial charge in [-0.05, 0) is 25.1 Å². The Morgan fingerprint density at radius 3 is 2.39 bits per heavy atom. The summed E-state index contributed by atoms with van der Waals surface area (Å²) in [5, 5.41) is 0.895. The van der Waals surface area contributed by atoms with E-state index in [4.69, 9.17) is 0 Å². The highest BCUT2D eigenvalue weighted by molar-refractivity contribution is 7.90. The normalized spacial score (nSPS) is 15.2. The molecule has 0 atom stereocenters. The minimum Gasteiger partial charge on any atom is -0.360 e. The highest BCUT2D eigenvalue weighted by atomic mass is 32.2. The first kappa shape index (κ1) is 21.1. The van der Waals surface area contributed by atoms with E-state index in [2.05, 4.69) is 9.71 Å². The minimum absolute atomic E-state index is 0.0114. The maximum atomic E-state index is 12.7. The van der Waals surface area contributed by atoms with Crippen LogP contribution in [-0.4, -0.2) is 67.7 Å². The van der Waals surface area contributed by atoms with Crippen LogP contribution in [0.1, 0.15) is 15.9 Å². The van der Waals surface area contributed by atoms with E-state index in [-0.39, 0.29) is 17.2 Å². The summed E-state index contributed by atoms with van der Waals surface area (Å²) in [6.45, 7) is 3.78. The number of sulfonamides is 1. The maximum absolute atomic E-state index is 12.7. The number of aryl methyl sites for hydroxylation is 1. The van der Waals surface area contributed by atoms with Crippen molar-refractivity contribution >= 4 is 32.7 Å². The van der Waals surface area contributed by atoms with Gasteiger partial charge in [-0.3, -0.25) is 9.69 Å². The number of aromatic amines is 1. The predicted molar refractivity (Wildman–Crippen MR) is 118 cm³/mol. The topological polar surface area (TPSA) is 103 Å². The van der Waals surface area contributed by atoms with Crippen LogP contribution in [0.5, 0.6) is 0 Å². The summed E-state index contributed by atoms with van der Waals surface area (Å²) in [5.41, 5.74) is 2.51. The zero-order valence-corrected chi connectivity index (χ0v) is 18.0. The van der Waals surface area contributed by atoms with E-state index in [1.54, 1.807) is 18.3 Å². The summed E-state index contributed by atoms with van der Waals surface area (Å²) in [7, 11) is -3.92. The van der Waals surface area contributed by atoms with Crippen LogP contribution in [0.15, 0.2) is 59.6 Å². The molecule has 1 aliphatic heterocycles. The number of rotatable bonds is 5. The lowest BCUT2D eigenvalue weighted by molar-refractivity contribution is 0.0882. The minimum atomic E-state index is -3.92. The Balaban J connectivity index is 1.32. The number of carbonyl (C=O) groups excluding carboxylic acids is 2.